The van der Waals surface area contributed by atoms with Gasteiger partial charge in [0.05, 0.1) is 40.3 Å². The molecule has 134 valence electrons. The highest BCUT2D eigenvalue weighted by Gasteiger charge is 2.27. The lowest BCUT2D eigenvalue weighted by Gasteiger charge is -2.29. The molecule has 2 atom stereocenters. The molecule has 1 aliphatic rings. The van der Waals surface area contributed by atoms with Crippen molar-refractivity contribution >= 4 is 27.2 Å². The minimum atomic E-state index is -0.467. The SMILES string of the molecule is O=c1ccc([N+](=O)[O-])cn1C[NH+]1CCC[C@@H](c2nc3ccccc3s2)C1. The summed E-state index contributed by atoms with van der Waals surface area (Å²) >= 11 is 1.74. The molecule has 1 saturated heterocycles. The molecule has 0 radical (unpaired) electrons. The molecule has 0 bridgehead atoms. The highest BCUT2D eigenvalue weighted by Crippen LogP contribution is 2.30. The van der Waals surface area contributed by atoms with Crippen LogP contribution in [-0.2, 0) is 6.67 Å². The number of rotatable bonds is 4. The van der Waals surface area contributed by atoms with Crippen molar-refractivity contribution in [2.75, 3.05) is 13.1 Å². The number of para-hydroxylation sites is 1. The van der Waals surface area contributed by atoms with Crippen LogP contribution in [0.2, 0.25) is 0 Å². The normalized spacial score (nSPS) is 20.3. The van der Waals surface area contributed by atoms with Crippen molar-refractivity contribution in [3.05, 3.63) is 68.1 Å². The monoisotopic (exact) mass is 371 g/mol. The van der Waals surface area contributed by atoms with Crippen LogP contribution in [0.15, 0.2) is 47.4 Å². The van der Waals surface area contributed by atoms with Gasteiger partial charge in [-0.15, -0.1) is 11.3 Å². The number of nitro groups is 1. The van der Waals surface area contributed by atoms with E-state index in [1.807, 2.05) is 18.2 Å². The van der Waals surface area contributed by atoms with Crippen LogP contribution in [0.5, 0.6) is 0 Å². The molecule has 1 aromatic carbocycles. The summed E-state index contributed by atoms with van der Waals surface area (Å²) < 4.78 is 2.65. The molecule has 0 aliphatic carbocycles. The van der Waals surface area contributed by atoms with Gasteiger partial charge in [0, 0.05) is 12.1 Å². The van der Waals surface area contributed by atoms with Gasteiger partial charge in [0.2, 0.25) is 0 Å². The van der Waals surface area contributed by atoms with E-state index in [-0.39, 0.29) is 11.2 Å². The topological polar surface area (TPSA) is 82.5 Å². The third-order valence-corrected chi connectivity index (χ3v) is 6.05. The second-order valence-electron chi connectivity index (χ2n) is 6.67. The molecular weight excluding hydrogens is 352 g/mol. The van der Waals surface area contributed by atoms with Crippen LogP contribution in [0.1, 0.15) is 23.8 Å². The second kappa shape index (κ2) is 6.97. The first-order chi connectivity index (χ1) is 12.6. The van der Waals surface area contributed by atoms with Gasteiger partial charge in [0.1, 0.15) is 5.01 Å². The zero-order chi connectivity index (χ0) is 18.1. The number of fused-ring (bicyclic) bond motifs is 1. The summed E-state index contributed by atoms with van der Waals surface area (Å²) in [4.78, 5) is 28.6. The molecule has 1 N–H and O–H groups in total. The number of nitrogens with zero attached hydrogens (tertiary/aromatic N) is 3. The number of nitrogens with one attached hydrogen (secondary N) is 1. The standard InChI is InChI=1S/C18H18N4O3S/c23-17-8-7-14(22(24)25)11-21(17)12-20-9-3-4-13(10-20)18-19-15-5-1-2-6-16(15)26-18/h1-2,5-8,11,13H,3-4,9-10,12H2/p+1/t13-/m1/s1. The Labute approximate surface area is 153 Å². The molecule has 8 heteroatoms. The molecule has 1 aliphatic heterocycles. The molecule has 7 nitrogen and oxygen atoms in total. The van der Waals surface area contributed by atoms with E-state index >= 15 is 0 Å². The quantitative estimate of drug-likeness (QED) is 0.560. The van der Waals surface area contributed by atoms with Crippen molar-refractivity contribution in [1.82, 2.24) is 9.55 Å². The number of benzene rings is 1. The summed E-state index contributed by atoms with van der Waals surface area (Å²) in [6.07, 6.45) is 3.49. The van der Waals surface area contributed by atoms with E-state index < -0.39 is 4.92 Å². The average Bonchev–Trinajstić information content (AvgIpc) is 3.08. The van der Waals surface area contributed by atoms with Gasteiger partial charge in [-0.05, 0) is 25.0 Å². The summed E-state index contributed by atoms with van der Waals surface area (Å²) in [6.45, 7) is 2.29. The predicted octanol–water partition coefficient (Wildman–Crippen LogP) is 1.79. The van der Waals surface area contributed by atoms with Gasteiger partial charge in [-0.1, -0.05) is 12.1 Å². The number of aromatic nitrogens is 2. The lowest BCUT2D eigenvalue weighted by atomic mass is 9.99. The summed E-state index contributed by atoms with van der Waals surface area (Å²) in [6, 6.07) is 10.7. The molecule has 4 rings (SSSR count). The Morgan fingerprint density at radius 2 is 2.15 bits per heavy atom. The van der Waals surface area contributed by atoms with Gasteiger partial charge in [-0.2, -0.15) is 0 Å². The van der Waals surface area contributed by atoms with Crippen LogP contribution in [0.3, 0.4) is 0 Å². The first-order valence-corrected chi connectivity index (χ1v) is 9.46. The Balaban J connectivity index is 1.53. The minimum Gasteiger partial charge on any atom is -0.317 e. The first-order valence-electron chi connectivity index (χ1n) is 8.64. The maximum atomic E-state index is 12.1. The van der Waals surface area contributed by atoms with Crippen LogP contribution in [-0.4, -0.2) is 27.6 Å². The zero-order valence-electron chi connectivity index (χ0n) is 14.1. The van der Waals surface area contributed by atoms with Crippen molar-refractivity contribution < 1.29 is 9.82 Å². The van der Waals surface area contributed by atoms with Crippen molar-refractivity contribution in [3.63, 3.8) is 0 Å². The first kappa shape index (κ1) is 16.9. The van der Waals surface area contributed by atoms with E-state index in [9.17, 15) is 14.9 Å². The number of piperidine rings is 1. The molecule has 0 saturated carbocycles. The highest BCUT2D eigenvalue weighted by molar-refractivity contribution is 7.18. The Morgan fingerprint density at radius 1 is 1.31 bits per heavy atom. The van der Waals surface area contributed by atoms with E-state index in [2.05, 4.69) is 6.07 Å². The lowest BCUT2D eigenvalue weighted by molar-refractivity contribution is -0.929. The number of quaternary nitrogens is 1. The van der Waals surface area contributed by atoms with Gasteiger partial charge in [0.25, 0.3) is 11.2 Å². The van der Waals surface area contributed by atoms with Crippen LogP contribution >= 0.6 is 11.3 Å². The molecule has 2 aromatic heterocycles. The summed E-state index contributed by atoms with van der Waals surface area (Å²) in [5, 5.41) is 12.1. The van der Waals surface area contributed by atoms with Gasteiger partial charge >= 0.3 is 0 Å². The maximum absolute atomic E-state index is 12.1. The number of hydrogen-bond acceptors (Lipinski definition) is 5. The fraction of sp³-hybridized carbons (Fsp3) is 0.333. The molecule has 3 aromatic rings. The third kappa shape index (κ3) is 3.38. The smallest absolute Gasteiger partial charge is 0.285 e. The molecule has 26 heavy (non-hydrogen) atoms. The maximum Gasteiger partial charge on any atom is 0.285 e. The van der Waals surface area contributed by atoms with Crippen LogP contribution < -0.4 is 10.5 Å². The molecule has 0 amide bonds. The number of likely N-dealkylation sites (tertiary alicyclic amines) is 1. The summed E-state index contributed by atoms with van der Waals surface area (Å²) in [7, 11) is 0. The zero-order valence-corrected chi connectivity index (χ0v) is 14.9. The average molecular weight is 371 g/mol. The van der Waals surface area contributed by atoms with Gasteiger partial charge < -0.3 is 4.90 Å². The van der Waals surface area contributed by atoms with Crippen molar-refractivity contribution in [3.8, 4) is 0 Å². The van der Waals surface area contributed by atoms with Gasteiger partial charge in [-0.25, -0.2) is 4.98 Å². The molecule has 1 fully saturated rings. The Hall–Kier alpha value is -2.58. The molecular formula is C18H19N4O3S+. The Kier molecular flexibility index (Phi) is 4.52. The third-order valence-electron chi connectivity index (χ3n) is 4.85. The fourth-order valence-electron chi connectivity index (χ4n) is 3.56. The second-order valence-corrected chi connectivity index (χ2v) is 7.74. The van der Waals surface area contributed by atoms with E-state index in [1.165, 1.54) is 32.5 Å². The van der Waals surface area contributed by atoms with Crippen LogP contribution in [0.25, 0.3) is 10.2 Å². The van der Waals surface area contributed by atoms with Gasteiger partial charge in [0.15, 0.2) is 6.67 Å². The van der Waals surface area contributed by atoms with E-state index in [0.29, 0.717) is 12.6 Å². The highest BCUT2D eigenvalue weighted by atomic mass is 32.1. The summed E-state index contributed by atoms with van der Waals surface area (Å²) in [5.74, 6) is 0.366. The Morgan fingerprint density at radius 3 is 2.96 bits per heavy atom. The summed E-state index contributed by atoms with van der Waals surface area (Å²) in [5.41, 5.74) is 0.781. The van der Waals surface area contributed by atoms with E-state index in [4.69, 9.17) is 4.98 Å². The Bertz CT molecular complexity index is 980. The van der Waals surface area contributed by atoms with Crippen LogP contribution in [0.4, 0.5) is 5.69 Å². The molecule has 1 unspecified atom stereocenters. The number of pyridine rings is 1. The molecule has 3 heterocycles. The van der Waals surface area contributed by atoms with E-state index in [1.54, 1.807) is 11.3 Å². The van der Waals surface area contributed by atoms with Gasteiger partial charge in [-0.3, -0.25) is 19.5 Å². The number of thiazole rings is 1. The lowest BCUT2D eigenvalue weighted by Crippen LogP contribution is -3.12. The van der Waals surface area contributed by atoms with Crippen LogP contribution in [0, 0.1) is 10.1 Å². The number of hydrogen-bond donors (Lipinski definition) is 1. The fourth-order valence-corrected chi connectivity index (χ4v) is 4.66. The van der Waals surface area contributed by atoms with E-state index in [0.717, 1.165) is 36.5 Å². The van der Waals surface area contributed by atoms with Crippen molar-refractivity contribution in [2.24, 2.45) is 0 Å². The van der Waals surface area contributed by atoms with Crippen molar-refractivity contribution in [2.45, 2.75) is 25.4 Å². The van der Waals surface area contributed by atoms with Crippen molar-refractivity contribution in [1.29, 1.82) is 0 Å². The molecule has 0 spiro atoms. The largest absolute Gasteiger partial charge is 0.317 e. The predicted molar refractivity (Wildman–Crippen MR) is 99.6 cm³/mol. The minimum absolute atomic E-state index is 0.0521.